The molecule has 0 bridgehead atoms. The van der Waals surface area contributed by atoms with Crippen LogP contribution >= 0.6 is 0 Å². The molecule has 1 amide bonds. The highest BCUT2D eigenvalue weighted by Crippen LogP contribution is 2.26. The number of carbonyl (C=O) groups is 2. The number of benzene rings is 2. The summed E-state index contributed by atoms with van der Waals surface area (Å²) in [7, 11) is 0. The third kappa shape index (κ3) is 6.87. The first-order chi connectivity index (χ1) is 17.9. The number of esters is 1. The van der Waals surface area contributed by atoms with E-state index in [2.05, 4.69) is 9.97 Å². The van der Waals surface area contributed by atoms with Gasteiger partial charge in [0.2, 0.25) is 0 Å². The molecule has 4 rings (SSSR count). The van der Waals surface area contributed by atoms with Crippen molar-refractivity contribution < 1.29 is 23.5 Å². The van der Waals surface area contributed by atoms with Crippen LogP contribution in [0, 0.1) is 17.1 Å². The van der Waals surface area contributed by atoms with Gasteiger partial charge in [-0.2, -0.15) is 0 Å². The number of nitrogens with one attached hydrogen (secondary N) is 1. The number of rotatable bonds is 9. The number of carbonyl (C=O) groups excluding carboxylic acids is 2. The van der Waals surface area contributed by atoms with Crippen LogP contribution in [-0.2, 0) is 16.1 Å². The number of ether oxygens (including phenoxy) is 2. The molecule has 1 aromatic heterocycles. The van der Waals surface area contributed by atoms with E-state index < -0.39 is 11.8 Å². The van der Waals surface area contributed by atoms with Crippen LogP contribution in [0.5, 0.6) is 6.01 Å². The molecule has 0 atom stereocenters. The van der Waals surface area contributed by atoms with Crippen LogP contribution in [0.4, 0.5) is 4.39 Å². The molecule has 192 valence electrons. The zero-order valence-electron chi connectivity index (χ0n) is 20.2. The summed E-state index contributed by atoms with van der Waals surface area (Å²) < 4.78 is 25.7. The van der Waals surface area contributed by atoms with Crippen LogP contribution in [0.15, 0.2) is 60.9 Å². The molecule has 0 radical (unpaired) electrons. The topological polar surface area (TPSA) is 131 Å². The molecule has 1 saturated heterocycles. The second kappa shape index (κ2) is 12.1. The summed E-state index contributed by atoms with van der Waals surface area (Å²) in [5, 5.41) is 7.12. The molecular weight excluding hydrogens is 477 g/mol. The van der Waals surface area contributed by atoms with Crippen molar-refractivity contribution in [2.45, 2.75) is 25.9 Å². The maximum absolute atomic E-state index is 15.0. The smallest absolute Gasteiger partial charge is 0.316 e. The molecule has 9 nitrogen and oxygen atoms in total. The van der Waals surface area contributed by atoms with Gasteiger partial charge in [0, 0.05) is 47.7 Å². The van der Waals surface area contributed by atoms with Gasteiger partial charge in [0.25, 0.3) is 5.91 Å². The monoisotopic (exact) mass is 505 g/mol. The van der Waals surface area contributed by atoms with Crippen molar-refractivity contribution in [2.24, 2.45) is 11.7 Å². The number of aromatic nitrogens is 2. The molecule has 0 spiro atoms. The van der Waals surface area contributed by atoms with Crippen molar-refractivity contribution >= 4 is 17.7 Å². The Morgan fingerprint density at radius 2 is 1.76 bits per heavy atom. The van der Waals surface area contributed by atoms with E-state index in [4.69, 9.17) is 20.6 Å². The van der Waals surface area contributed by atoms with Crippen molar-refractivity contribution in [3.63, 3.8) is 0 Å². The predicted octanol–water partition coefficient (Wildman–Crippen LogP) is 3.58. The third-order valence-corrected chi connectivity index (χ3v) is 6.11. The van der Waals surface area contributed by atoms with Crippen LogP contribution < -0.4 is 10.5 Å². The minimum atomic E-state index is -0.699. The van der Waals surface area contributed by atoms with Gasteiger partial charge in [0.05, 0.1) is 6.61 Å². The predicted molar refractivity (Wildman–Crippen MR) is 134 cm³/mol. The Bertz CT molecular complexity index is 1250. The van der Waals surface area contributed by atoms with Crippen molar-refractivity contribution in [2.75, 3.05) is 19.7 Å². The largest absolute Gasteiger partial charge is 0.463 e. The van der Waals surface area contributed by atoms with Gasteiger partial charge in [-0.25, -0.2) is 14.4 Å². The van der Waals surface area contributed by atoms with Crippen LogP contribution in [0.25, 0.3) is 11.1 Å². The average Bonchev–Trinajstić information content (AvgIpc) is 2.92. The quantitative estimate of drug-likeness (QED) is 0.258. The second-order valence-electron chi connectivity index (χ2n) is 8.81. The Morgan fingerprint density at radius 3 is 2.43 bits per heavy atom. The summed E-state index contributed by atoms with van der Waals surface area (Å²) in [4.78, 5) is 34.5. The summed E-state index contributed by atoms with van der Waals surface area (Å²) in [5.41, 5.74) is 6.78. The Balaban J connectivity index is 1.28. The molecular formula is C27H28FN5O4. The maximum Gasteiger partial charge on any atom is 0.316 e. The van der Waals surface area contributed by atoms with E-state index in [0.717, 1.165) is 12.8 Å². The van der Waals surface area contributed by atoms with E-state index in [1.54, 1.807) is 12.1 Å². The van der Waals surface area contributed by atoms with E-state index in [1.807, 2.05) is 35.2 Å². The number of likely N-dealkylation sites (tertiary alicyclic amines) is 1. The first-order valence-corrected chi connectivity index (χ1v) is 12.0. The Kier molecular flexibility index (Phi) is 8.40. The lowest BCUT2D eigenvalue weighted by atomic mass is 9.97. The molecule has 0 aliphatic carbocycles. The lowest BCUT2D eigenvalue weighted by Crippen LogP contribution is -2.39. The first-order valence-electron chi connectivity index (χ1n) is 12.0. The average molecular weight is 506 g/mol. The van der Waals surface area contributed by atoms with Gasteiger partial charge < -0.3 is 20.1 Å². The molecule has 3 aromatic rings. The van der Waals surface area contributed by atoms with Crippen LogP contribution in [0.2, 0.25) is 0 Å². The fraction of sp³-hybridized carbons (Fsp3) is 0.296. The van der Waals surface area contributed by atoms with E-state index in [9.17, 15) is 14.0 Å². The van der Waals surface area contributed by atoms with Crippen LogP contribution in [0.3, 0.4) is 0 Å². The number of nitrogens with two attached hydrogens (primary N) is 1. The molecule has 2 aromatic carbocycles. The fourth-order valence-corrected chi connectivity index (χ4v) is 4.07. The fourth-order valence-electron chi connectivity index (χ4n) is 4.07. The molecule has 1 aliphatic heterocycles. The number of halogens is 1. The van der Waals surface area contributed by atoms with Gasteiger partial charge in [-0.1, -0.05) is 36.4 Å². The zero-order valence-corrected chi connectivity index (χ0v) is 20.2. The number of hydrogen-bond donors (Lipinski definition) is 2. The van der Waals surface area contributed by atoms with E-state index in [0.29, 0.717) is 30.8 Å². The van der Waals surface area contributed by atoms with Gasteiger partial charge in [-0.05, 0) is 30.9 Å². The number of amidine groups is 1. The first kappa shape index (κ1) is 25.7. The standard InChI is InChI=1S/C27H28FN5O4/c28-25-20(17-36-24(34)13-23(29)30)7-4-8-22(25)21-14-31-27(32-15-21)37-16-18-9-11-33(12-10-18)26(35)19-5-2-1-3-6-19/h1-8,14-15,18H,9-13,16-17H2,(H3,29,30). The maximum atomic E-state index is 15.0. The number of piperidine rings is 1. The highest BCUT2D eigenvalue weighted by atomic mass is 19.1. The summed E-state index contributed by atoms with van der Waals surface area (Å²) in [5.74, 6) is -1.24. The SMILES string of the molecule is N=C(N)CC(=O)OCc1cccc(-c2cnc(OCC3CCN(C(=O)c4ccccc4)CC3)nc2)c1F. The zero-order chi connectivity index (χ0) is 26.2. The molecule has 0 unspecified atom stereocenters. The van der Waals surface area contributed by atoms with Crippen molar-refractivity contribution in [1.29, 1.82) is 5.41 Å². The number of hydrogen-bond acceptors (Lipinski definition) is 7. The Morgan fingerprint density at radius 1 is 1.05 bits per heavy atom. The van der Waals surface area contributed by atoms with Crippen molar-refractivity contribution in [1.82, 2.24) is 14.9 Å². The highest BCUT2D eigenvalue weighted by Gasteiger charge is 2.24. The summed E-state index contributed by atoms with van der Waals surface area (Å²) in [6, 6.07) is 14.2. The summed E-state index contributed by atoms with van der Waals surface area (Å²) in [6.07, 6.45) is 4.26. The van der Waals surface area contributed by atoms with Crippen molar-refractivity contribution in [3.05, 3.63) is 77.9 Å². The molecule has 1 aliphatic rings. The summed E-state index contributed by atoms with van der Waals surface area (Å²) in [6.45, 7) is 1.49. The lowest BCUT2D eigenvalue weighted by Gasteiger charge is -2.31. The van der Waals surface area contributed by atoms with Crippen LogP contribution in [0.1, 0.15) is 35.2 Å². The minimum absolute atomic E-state index is 0.0458. The van der Waals surface area contributed by atoms with E-state index in [1.165, 1.54) is 18.5 Å². The molecule has 2 heterocycles. The minimum Gasteiger partial charge on any atom is -0.463 e. The Labute approximate surface area is 213 Å². The van der Waals surface area contributed by atoms with Gasteiger partial charge in [-0.3, -0.25) is 15.0 Å². The van der Waals surface area contributed by atoms with E-state index >= 15 is 0 Å². The van der Waals surface area contributed by atoms with Gasteiger partial charge >= 0.3 is 12.0 Å². The molecule has 3 N–H and O–H groups in total. The summed E-state index contributed by atoms with van der Waals surface area (Å²) >= 11 is 0. The highest BCUT2D eigenvalue weighted by molar-refractivity contribution is 5.95. The molecule has 37 heavy (non-hydrogen) atoms. The van der Waals surface area contributed by atoms with Gasteiger partial charge in [0.1, 0.15) is 24.7 Å². The second-order valence-corrected chi connectivity index (χ2v) is 8.81. The van der Waals surface area contributed by atoms with Gasteiger partial charge in [0.15, 0.2) is 0 Å². The van der Waals surface area contributed by atoms with E-state index in [-0.39, 0.29) is 47.8 Å². The molecule has 10 heteroatoms. The van der Waals surface area contributed by atoms with Gasteiger partial charge in [-0.15, -0.1) is 0 Å². The normalized spacial score (nSPS) is 13.7. The lowest BCUT2D eigenvalue weighted by molar-refractivity contribution is -0.143. The molecule has 1 fully saturated rings. The van der Waals surface area contributed by atoms with Crippen LogP contribution in [-0.4, -0.2) is 52.3 Å². The Hall–Kier alpha value is -4.34. The van der Waals surface area contributed by atoms with Crippen molar-refractivity contribution in [3.8, 4) is 17.1 Å². The molecule has 0 saturated carbocycles. The number of nitrogens with zero attached hydrogens (tertiary/aromatic N) is 3. The third-order valence-electron chi connectivity index (χ3n) is 6.11. The number of amides is 1.